The van der Waals surface area contributed by atoms with Crippen molar-refractivity contribution in [1.29, 1.82) is 0 Å². The number of methoxy groups -OCH3 is 4. The number of nitrogens with zero attached hydrogens (tertiary/aromatic N) is 1. The second-order valence-electron chi connectivity index (χ2n) is 8.52. The fraction of sp³-hybridized carbons (Fsp3) is 0.286. The van der Waals surface area contributed by atoms with Gasteiger partial charge in [-0.1, -0.05) is 12.1 Å². The summed E-state index contributed by atoms with van der Waals surface area (Å²) < 4.78 is 21.5. The third-order valence-corrected chi connectivity index (χ3v) is 7.40. The van der Waals surface area contributed by atoms with Gasteiger partial charge >= 0.3 is 0 Å². The quantitative estimate of drug-likeness (QED) is 0.258. The van der Waals surface area contributed by atoms with Crippen molar-refractivity contribution in [1.82, 2.24) is 15.2 Å². The Balaban J connectivity index is 1.52. The third-order valence-electron chi connectivity index (χ3n) is 6.14. The lowest BCUT2D eigenvalue weighted by molar-refractivity contribution is 0.354. The summed E-state index contributed by atoms with van der Waals surface area (Å²) in [5.74, 6) is 2.54. The molecular weight excluding hydrogens is 522 g/mol. The number of aromatic amines is 1. The maximum Gasteiger partial charge on any atom is 0.253 e. The fourth-order valence-electron chi connectivity index (χ4n) is 4.15. The number of fused-ring (bicyclic) bond motifs is 1. The number of hydrogen-bond acceptors (Lipinski definition) is 7. The lowest BCUT2D eigenvalue weighted by Gasteiger charge is -2.25. The van der Waals surface area contributed by atoms with Crippen molar-refractivity contribution in [2.45, 2.75) is 19.5 Å². The van der Waals surface area contributed by atoms with Crippen molar-refractivity contribution in [2.75, 3.05) is 35.0 Å². The smallest absolute Gasteiger partial charge is 0.253 e. The molecule has 4 rings (SSSR count). The van der Waals surface area contributed by atoms with Crippen molar-refractivity contribution in [2.24, 2.45) is 0 Å². The zero-order chi connectivity index (χ0) is 27.1. The summed E-state index contributed by atoms with van der Waals surface area (Å²) in [6, 6.07) is 15.4. The molecule has 0 fully saturated rings. The van der Waals surface area contributed by atoms with Crippen molar-refractivity contribution in [3.05, 3.63) is 80.3 Å². The highest BCUT2D eigenvalue weighted by Gasteiger charge is 2.16. The van der Waals surface area contributed by atoms with Gasteiger partial charge in [0.15, 0.2) is 28.1 Å². The molecule has 2 N–H and O–H groups in total. The number of H-pyrrole nitrogens is 1. The van der Waals surface area contributed by atoms with Gasteiger partial charge in [-0.2, -0.15) is 0 Å². The Morgan fingerprint density at radius 3 is 2.32 bits per heavy atom. The van der Waals surface area contributed by atoms with Crippen molar-refractivity contribution in [3.8, 4) is 23.0 Å². The van der Waals surface area contributed by atoms with E-state index in [4.69, 9.17) is 31.2 Å². The van der Waals surface area contributed by atoms with E-state index in [1.807, 2.05) is 46.7 Å². The van der Waals surface area contributed by atoms with E-state index in [2.05, 4.69) is 16.4 Å². The molecule has 0 aliphatic heterocycles. The molecule has 0 saturated carbocycles. The van der Waals surface area contributed by atoms with E-state index in [0.717, 1.165) is 22.2 Å². The van der Waals surface area contributed by atoms with Crippen LogP contribution in [0.15, 0.2) is 58.7 Å². The number of thiophene rings is 1. The molecule has 200 valence electrons. The number of aromatic nitrogens is 1. The van der Waals surface area contributed by atoms with Crippen molar-refractivity contribution >= 4 is 39.6 Å². The highest BCUT2D eigenvalue weighted by atomic mass is 32.1. The molecule has 8 nitrogen and oxygen atoms in total. The van der Waals surface area contributed by atoms with E-state index in [-0.39, 0.29) is 5.56 Å². The van der Waals surface area contributed by atoms with Crippen molar-refractivity contribution < 1.29 is 18.9 Å². The number of thiocarbonyl (C=S) groups is 1. The predicted molar refractivity (Wildman–Crippen MR) is 155 cm³/mol. The lowest BCUT2D eigenvalue weighted by Crippen LogP contribution is -2.40. The van der Waals surface area contributed by atoms with Crippen LogP contribution < -0.4 is 29.8 Å². The molecule has 0 saturated heterocycles. The number of pyridine rings is 1. The van der Waals surface area contributed by atoms with Crippen LogP contribution in [0.3, 0.4) is 0 Å². The van der Waals surface area contributed by atoms with E-state index in [9.17, 15) is 4.79 Å². The standard InChI is InChI=1S/C28H31N3O5S2/c1-33-23-8-7-18(12-24(23)34-2)9-10-29-28(37)31(17-21-6-5-11-38-21)16-20-13-19-14-25(35-3)26(36-4)15-22(19)30-27(20)32/h5-8,11-15H,9-10,16-17H2,1-4H3,(H,29,37)(H,30,32). The largest absolute Gasteiger partial charge is 0.493 e. The predicted octanol–water partition coefficient (Wildman–Crippen LogP) is 4.74. The first-order valence-electron chi connectivity index (χ1n) is 12.0. The zero-order valence-electron chi connectivity index (χ0n) is 21.8. The van der Waals surface area contributed by atoms with Crippen LogP contribution in [0, 0.1) is 0 Å². The van der Waals surface area contributed by atoms with Crippen LogP contribution in [-0.4, -0.2) is 50.0 Å². The lowest BCUT2D eigenvalue weighted by atomic mass is 10.1. The molecule has 0 bridgehead atoms. The van der Waals surface area contributed by atoms with E-state index in [1.165, 1.54) is 0 Å². The van der Waals surface area contributed by atoms with Gasteiger partial charge in [-0.25, -0.2) is 0 Å². The maximum absolute atomic E-state index is 13.0. The van der Waals surface area contributed by atoms with E-state index < -0.39 is 0 Å². The second-order valence-corrected chi connectivity index (χ2v) is 9.94. The number of ether oxygens (including phenoxy) is 4. The summed E-state index contributed by atoms with van der Waals surface area (Å²) in [7, 11) is 6.40. The Morgan fingerprint density at radius 1 is 0.921 bits per heavy atom. The van der Waals surface area contributed by atoms with Gasteiger partial charge in [0.1, 0.15) is 0 Å². The number of hydrogen-bond donors (Lipinski definition) is 2. The molecule has 0 unspecified atom stereocenters. The van der Waals surface area contributed by atoms with Gasteiger partial charge in [-0.05, 0) is 59.9 Å². The molecule has 10 heteroatoms. The minimum Gasteiger partial charge on any atom is -0.493 e. The number of benzene rings is 2. The maximum atomic E-state index is 13.0. The first kappa shape index (κ1) is 27.3. The Bertz CT molecular complexity index is 1450. The number of rotatable bonds is 11. The summed E-state index contributed by atoms with van der Waals surface area (Å²) in [5, 5.41) is 6.81. The Labute approximate surface area is 231 Å². The minimum absolute atomic E-state index is 0.172. The average molecular weight is 554 g/mol. The molecule has 0 spiro atoms. The highest BCUT2D eigenvalue weighted by molar-refractivity contribution is 7.80. The summed E-state index contributed by atoms with van der Waals surface area (Å²) >= 11 is 7.44. The molecule has 2 aromatic carbocycles. The van der Waals surface area contributed by atoms with Gasteiger partial charge in [0.05, 0.1) is 47.0 Å². The highest BCUT2D eigenvalue weighted by Crippen LogP contribution is 2.31. The summed E-state index contributed by atoms with van der Waals surface area (Å²) in [6.07, 6.45) is 0.742. The molecule has 0 amide bonds. The van der Waals surface area contributed by atoms with Gasteiger partial charge in [0, 0.05) is 28.4 Å². The molecule has 0 aliphatic rings. The molecule has 0 aliphatic carbocycles. The van der Waals surface area contributed by atoms with Gasteiger partial charge in [0.25, 0.3) is 5.56 Å². The second kappa shape index (κ2) is 12.7. The van der Waals surface area contributed by atoms with Gasteiger partial charge in [-0.3, -0.25) is 4.79 Å². The molecule has 0 radical (unpaired) electrons. The van der Waals surface area contributed by atoms with E-state index >= 15 is 0 Å². The van der Waals surface area contributed by atoms with Crippen LogP contribution in [0.5, 0.6) is 23.0 Å². The summed E-state index contributed by atoms with van der Waals surface area (Å²) in [4.78, 5) is 19.2. The fourth-order valence-corrected chi connectivity index (χ4v) is 5.10. The van der Waals surface area contributed by atoms with E-state index in [0.29, 0.717) is 58.8 Å². The topological polar surface area (TPSA) is 85.1 Å². The molecule has 0 atom stereocenters. The van der Waals surface area contributed by atoms with Crippen LogP contribution >= 0.6 is 23.6 Å². The Hall–Kier alpha value is -3.76. The van der Waals surface area contributed by atoms with Crippen LogP contribution in [0.2, 0.25) is 0 Å². The first-order chi connectivity index (χ1) is 18.4. The summed E-state index contributed by atoms with van der Waals surface area (Å²) in [5.41, 5.74) is 2.20. The molecule has 38 heavy (non-hydrogen) atoms. The normalized spacial score (nSPS) is 10.7. The molecule has 2 aromatic heterocycles. The molecule has 2 heterocycles. The number of nitrogens with one attached hydrogen (secondary N) is 2. The van der Waals surface area contributed by atoms with Crippen LogP contribution in [-0.2, 0) is 19.5 Å². The molecular formula is C28H31N3O5S2. The summed E-state index contributed by atoms with van der Waals surface area (Å²) in [6.45, 7) is 1.56. The minimum atomic E-state index is -0.172. The first-order valence-corrected chi connectivity index (χ1v) is 13.3. The van der Waals surface area contributed by atoms with E-state index in [1.54, 1.807) is 45.8 Å². The van der Waals surface area contributed by atoms with Crippen LogP contribution in [0.25, 0.3) is 10.9 Å². The van der Waals surface area contributed by atoms with Crippen LogP contribution in [0.4, 0.5) is 0 Å². The van der Waals surface area contributed by atoms with Gasteiger partial charge in [-0.15, -0.1) is 11.3 Å². The Morgan fingerprint density at radius 2 is 1.63 bits per heavy atom. The van der Waals surface area contributed by atoms with Crippen LogP contribution in [0.1, 0.15) is 16.0 Å². The average Bonchev–Trinajstić information content (AvgIpc) is 3.45. The Kier molecular flexibility index (Phi) is 9.09. The SMILES string of the molecule is COc1ccc(CCNC(=S)N(Cc2cccs2)Cc2cc3cc(OC)c(OC)cc3[nH]c2=O)cc1OC. The van der Waals surface area contributed by atoms with Gasteiger partial charge in [0.2, 0.25) is 0 Å². The third kappa shape index (κ3) is 6.38. The molecule has 4 aromatic rings. The van der Waals surface area contributed by atoms with Crippen molar-refractivity contribution in [3.63, 3.8) is 0 Å². The van der Waals surface area contributed by atoms with Gasteiger partial charge < -0.3 is 34.1 Å². The zero-order valence-corrected chi connectivity index (χ0v) is 23.5. The monoisotopic (exact) mass is 553 g/mol.